The highest BCUT2D eigenvalue weighted by Gasteiger charge is 2.16. The number of nitrogens with one attached hydrogen (secondary N) is 1. The quantitative estimate of drug-likeness (QED) is 0.123. The van der Waals surface area contributed by atoms with Gasteiger partial charge < -0.3 is 24.3 Å². The number of benzene rings is 4. The van der Waals surface area contributed by atoms with E-state index in [1.165, 1.54) is 6.08 Å². The molecule has 1 N–H and O–H groups in total. The molecule has 0 unspecified atom stereocenters. The highest BCUT2D eigenvalue weighted by molar-refractivity contribution is 9.10. The van der Waals surface area contributed by atoms with Gasteiger partial charge in [-0.05, 0) is 94.2 Å². The summed E-state index contributed by atoms with van der Waals surface area (Å²) >= 11 is 9.47. The summed E-state index contributed by atoms with van der Waals surface area (Å²) in [4.78, 5) is 12.7. The molecule has 4 aromatic carbocycles. The van der Waals surface area contributed by atoms with Gasteiger partial charge in [-0.2, -0.15) is 5.26 Å². The molecule has 1 amide bonds. The Bertz CT molecular complexity index is 1600. The molecule has 0 bridgehead atoms. The molecule has 4 rings (SSSR count). The Morgan fingerprint density at radius 2 is 1.64 bits per heavy atom. The molecule has 0 heterocycles. The molecule has 0 aliphatic heterocycles. The van der Waals surface area contributed by atoms with E-state index < -0.39 is 5.91 Å². The molecule has 4 aromatic rings. The van der Waals surface area contributed by atoms with E-state index in [0.29, 0.717) is 57.0 Å². The van der Waals surface area contributed by atoms with Crippen molar-refractivity contribution in [2.24, 2.45) is 0 Å². The monoisotopic (exact) mass is 646 g/mol. The first-order valence-electron chi connectivity index (χ1n) is 13.0. The van der Waals surface area contributed by atoms with E-state index in [-0.39, 0.29) is 12.2 Å². The zero-order valence-corrected chi connectivity index (χ0v) is 25.4. The van der Waals surface area contributed by atoms with Crippen LogP contribution in [0.15, 0.2) is 95.0 Å². The molecule has 0 saturated heterocycles. The van der Waals surface area contributed by atoms with Gasteiger partial charge in [0.25, 0.3) is 5.91 Å². The fourth-order valence-corrected chi connectivity index (χ4v) is 4.63. The van der Waals surface area contributed by atoms with Gasteiger partial charge in [0.1, 0.15) is 24.9 Å². The van der Waals surface area contributed by atoms with Crippen molar-refractivity contribution in [2.75, 3.05) is 19.0 Å². The van der Waals surface area contributed by atoms with E-state index in [9.17, 15) is 10.1 Å². The van der Waals surface area contributed by atoms with Crippen LogP contribution in [0.2, 0.25) is 5.02 Å². The second kappa shape index (κ2) is 15.0. The molecule has 0 radical (unpaired) electrons. The highest BCUT2D eigenvalue weighted by Crippen LogP contribution is 2.38. The Labute approximate surface area is 258 Å². The molecule has 214 valence electrons. The Balaban J connectivity index is 1.49. The molecule has 42 heavy (non-hydrogen) atoms. The zero-order chi connectivity index (χ0) is 29.9. The van der Waals surface area contributed by atoms with E-state index in [2.05, 4.69) is 21.2 Å². The van der Waals surface area contributed by atoms with E-state index in [1.807, 2.05) is 61.5 Å². The van der Waals surface area contributed by atoms with Crippen LogP contribution in [-0.4, -0.2) is 19.6 Å². The molecule has 7 nitrogen and oxygen atoms in total. The summed E-state index contributed by atoms with van der Waals surface area (Å²) in [5.41, 5.74) is 2.96. The number of nitriles is 1. The highest BCUT2D eigenvalue weighted by atomic mass is 79.9. The van der Waals surface area contributed by atoms with Crippen molar-refractivity contribution in [3.63, 3.8) is 0 Å². The van der Waals surface area contributed by atoms with Gasteiger partial charge in [-0.15, -0.1) is 0 Å². The van der Waals surface area contributed by atoms with Crippen LogP contribution in [0, 0.1) is 11.3 Å². The Hall–Kier alpha value is -4.45. The first-order chi connectivity index (χ1) is 20.4. The van der Waals surface area contributed by atoms with Gasteiger partial charge >= 0.3 is 0 Å². The molecule has 0 aromatic heterocycles. The smallest absolute Gasteiger partial charge is 0.266 e. The fraction of sp³-hybridized carbons (Fsp3) is 0.152. The summed E-state index contributed by atoms with van der Waals surface area (Å²) < 4.78 is 24.1. The summed E-state index contributed by atoms with van der Waals surface area (Å²) in [6, 6.07) is 27.6. The number of carbonyl (C=O) groups excluding carboxylic acids is 1. The molecule has 0 aliphatic rings. The number of amides is 1. The number of carbonyl (C=O) groups is 1. The van der Waals surface area contributed by atoms with Gasteiger partial charge in [0, 0.05) is 10.7 Å². The molecule has 9 heteroatoms. The van der Waals surface area contributed by atoms with Crippen LogP contribution in [0.25, 0.3) is 6.08 Å². The number of halogens is 2. The van der Waals surface area contributed by atoms with E-state index >= 15 is 0 Å². The molecule has 0 fully saturated rings. The maximum Gasteiger partial charge on any atom is 0.266 e. The van der Waals surface area contributed by atoms with Crippen LogP contribution in [0.1, 0.15) is 23.6 Å². The summed E-state index contributed by atoms with van der Waals surface area (Å²) in [5, 5.41) is 12.9. The van der Waals surface area contributed by atoms with Crippen molar-refractivity contribution in [1.29, 1.82) is 5.26 Å². The third-order valence-electron chi connectivity index (χ3n) is 5.96. The number of rotatable bonds is 12. The number of nitrogens with zero attached hydrogens (tertiary/aromatic N) is 1. The second-order valence-corrected chi connectivity index (χ2v) is 10.2. The van der Waals surface area contributed by atoms with E-state index in [4.69, 9.17) is 30.5 Å². The molecule has 0 atom stereocenters. The van der Waals surface area contributed by atoms with Crippen LogP contribution >= 0.6 is 27.5 Å². The van der Waals surface area contributed by atoms with Gasteiger partial charge in [0.05, 0.1) is 18.2 Å². The minimum atomic E-state index is -0.542. The standard InChI is InChI=1S/C33H28BrClN2O5/c1-3-40-31-18-24(15-25(19-36)33(38)37-27-12-10-26(35)11-13-27)16-28(34)32(31)42-21-23-9-14-29(30(17-23)39-2)41-20-22-7-5-4-6-8-22/h4-18H,3,20-21H2,1-2H3,(H,37,38)/b25-15-. The van der Waals surface area contributed by atoms with Crippen LogP contribution in [-0.2, 0) is 18.0 Å². The Morgan fingerprint density at radius 3 is 2.33 bits per heavy atom. The Morgan fingerprint density at radius 1 is 0.905 bits per heavy atom. The van der Waals surface area contributed by atoms with Gasteiger partial charge in [-0.1, -0.05) is 48.0 Å². The topological polar surface area (TPSA) is 89.8 Å². The van der Waals surface area contributed by atoms with Gasteiger partial charge in [0.15, 0.2) is 23.0 Å². The van der Waals surface area contributed by atoms with Crippen LogP contribution < -0.4 is 24.3 Å². The third kappa shape index (κ3) is 8.29. The van der Waals surface area contributed by atoms with Crippen molar-refractivity contribution in [3.8, 4) is 29.1 Å². The maximum absolute atomic E-state index is 12.7. The van der Waals surface area contributed by atoms with E-state index in [1.54, 1.807) is 43.5 Å². The predicted octanol–water partition coefficient (Wildman–Crippen LogP) is 8.21. The lowest BCUT2D eigenvalue weighted by Crippen LogP contribution is -2.13. The number of hydrogen-bond donors (Lipinski definition) is 1. The third-order valence-corrected chi connectivity index (χ3v) is 6.80. The minimum Gasteiger partial charge on any atom is -0.493 e. The van der Waals surface area contributed by atoms with Crippen molar-refractivity contribution in [2.45, 2.75) is 20.1 Å². The summed E-state index contributed by atoms with van der Waals surface area (Å²) in [7, 11) is 1.59. The maximum atomic E-state index is 12.7. The van der Waals surface area contributed by atoms with Crippen molar-refractivity contribution >= 4 is 45.2 Å². The van der Waals surface area contributed by atoms with E-state index in [0.717, 1.165) is 11.1 Å². The van der Waals surface area contributed by atoms with Crippen LogP contribution in [0.3, 0.4) is 0 Å². The van der Waals surface area contributed by atoms with Crippen molar-refractivity contribution in [3.05, 3.63) is 117 Å². The molecule has 0 aliphatic carbocycles. The first-order valence-corrected chi connectivity index (χ1v) is 14.2. The average Bonchev–Trinajstić information content (AvgIpc) is 3.00. The Kier molecular flexibility index (Phi) is 10.9. The fourth-order valence-electron chi connectivity index (χ4n) is 3.93. The first kappa shape index (κ1) is 30.5. The summed E-state index contributed by atoms with van der Waals surface area (Å²) in [6.07, 6.45) is 1.49. The largest absolute Gasteiger partial charge is 0.493 e. The SMILES string of the molecule is CCOc1cc(/C=C(/C#N)C(=O)Nc2ccc(Cl)cc2)cc(Br)c1OCc1ccc(OCc2ccccc2)c(OC)c1. The zero-order valence-electron chi connectivity index (χ0n) is 23.0. The summed E-state index contributed by atoms with van der Waals surface area (Å²) in [5.74, 6) is 1.63. The lowest BCUT2D eigenvalue weighted by atomic mass is 10.1. The predicted molar refractivity (Wildman–Crippen MR) is 167 cm³/mol. The number of ether oxygens (including phenoxy) is 4. The summed E-state index contributed by atoms with van der Waals surface area (Å²) in [6.45, 7) is 2.91. The number of anilines is 1. The van der Waals surface area contributed by atoms with Gasteiger partial charge in [-0.25, -0.2) is 0 Å². The van der Waals surface area contributed by atoms with Crippen LogP contribution in [0.5, 0.6) is 23.0 Å². The van der Waals surface area contributed by atoms with Gasteiger partial charge in [0.2, 0.25) is 0 Å². The second-order valence-electron chi connectivity index (χ2n) is 8.94. The van der Waals surface area contributed by atoms with Crippen LogP contribution in [0.4, 0.5) is 5.69 Å². The van der Waals surface area contributed by atoms with Gasteiger partial charge in [-0.3, -0.25) is 4.79 Å². The van der Waals surface area contributed by atoms with Crippen molar-refractivity contribution in [1.82, 2.24) is 0 Å². The molecule has 0 spiro atoms. The number of hydrogen-bond acceptors (Lipinski definition) is 6. The lowest BCUT2D eigenvalue weighted by Gasteiger charge is -2.16. The minimum absolute atomic E-state index is 0.0744. The normalized spacial score (nSPS) is 10.9. The number of methoxy groups -OCH3 is 1. The lowest BCUT2D eigenvalue weighted by molar-refractivity contribution is -0.112. The molecular formula is C33H28BrClN2O5. The molecular weight excluding hydrogens is 620 g/mol. The van der Waals surface area contributed by atoms with Crippen molar-refractivity contribution < 1.29 is 23.7 Å². The molecule has 0 saturated carbocycles. The average molecular weight is 648 g/mol.